The Morgan fingerprint density at radius 3 is 2.56 bits per heavy atom. The van der Waals surface area contributed by atoms with Crippen molar-refractivity contribution in [2.24, 2.45) is 0 Å². The number of aromatic nitrogens is 2. The third-order valence-electron chi connectivity index (χ3n) is 3.45. The summed E-state index contributed by atoms with van der Waals surface area (Å²) in [4.78, 5) is 0. The van der Waals surface area contributed by atoms with Crippen LogP contribution in [0, 0.1) is 0 Å². The van der Waals surface area contributed by atoms with Crippen LogP contribution in [0.15, 0.2) is 64.2 Å². The maximum atomic E-state index is 5.71. The minimum Gasteiger partial charge on any atom is -0.493 e. The first-order valence-corrected chi connectivity index (χ1v) is 8.69. The number of benzene rings is 2. The maximum absolute atomic E-state index is 5.71. The van der Waals surface area contributed by atoms with Crippen LogP contribution in [0.3, 0.4) is 0 Å². The molecule has 2 aromatic carbocycles. The molecule has 6 heteroatoms. The first-order chi connectivity index (χ1) is 12.3. The molecule has 0 aliphatic heterocycles. The number of rotatable bonds is 7. The van der Waals surface area contributed by atoms with Gasteiger partial charge in [0.15, 0.2) is 11.5 Å². The fourth-order valence-corrected chi connectivity index (χ4v) is 2.79. The second kappa shape index (κ2) is 8.39. The zero-order valence-corrected chi connectivity index (χ0v) is 14.8. The molecule has 0 saturated carbocycles. The van der Waals surface area contributed by atoms with Gasteiger partial charge in [0.1, 0.15) is 0 Å². The van der Waals surface area contributed by atoms with Crippen molar-refractivity contribution in [2.45, 2.75) is 5.22 Å². The van der Waals surface area contributed by atoms with E-state index in [1.807, 2.05) is 36.4 Å². The molecule has 0 amide bonds. The van der Waals surface area contributed by atoms with E-state index in [2.05, 4.69) is 34.5 Å². The molecule has 3 aromatic rings. The van der Waals surface area contributed by atoms with Gasteiger partial charge in [0.05, 0.1) is 14.2 Å². The van der Waals surface area contributed by atoms with Crippen LogP contribution in [0.25, 0.3) is 17.5 Å². The van der Waals surface area contributed by atoms with Gasteiger partial charge in [-0.1, -0.05) is 54.2 Å². The lowest BCUT2D eigenvalue weighted by Crippen LogP contribution is -1.90. The van der Waals surface area contributed by atoms with E-state index in [1.165, 1.54) is 17.3 Å². The molecule has 3 rings (SSSR count). The molecular weight excluding hydrogens is 336 g/mol. The summed E-state index contributed by atoms with van der Waals surface area (Å²) in [6.45, 7) is 0. The molecule has 0 radical (unpaired) electrons. The van der Waals surface area contributed by atoms with Crippen LogP contribution >= 0.6 is 11.8 Å². The van der Waals surface area contributed by atoms with Gasteiger partial charge in [0, 0.05) is 11.3 Å². The number of hydrogen-bond donors (Lipinski definition) is 0. The Balaban J connectivity index is 1.63. The molecule has 0 N–H and O–H groups in total. The van der Waals surface area contributed by atoms with E-state index in [0.29, 0.717) is 22.6 Å². The van der Waals surface area contributed by atoms with Crippen LogP contribution in [0.4, 0.5) is 0 Å². The number of ether oxygens (including phenoxy) is 2. The Morgan fingerprint density at radius 1 is 1.00 bits per heavy atom. The van der Waals surface area contributed by atoms with Crippen LogP contribution in [0.2, 0.25) is 0 Å². The molecular formula is C19H18N2O3S. The second-order valence-corrected chi connectivity index (χ2v) is 6.04. The SMILES string of the molecule is COc1ccc(-c2nnc(SC/C=C/c3ccccc3)o2)cc1OC. The molecule has 0 spiro atoms. The maximum Gasteiger partial charge on any atom is 0.277 e. The minimum atomic E-state index is 0.454. The van der Waals surface area contributed by atoms with Crippen LogP contribution < -0.4 is 9.47 Å². The minimum absolute atomic E-state index is 0.454. The first kappa shape index (κ1) is 17.1. The molecule has 0 saturated heterocycles. The Morgan fingerprint density at radius 2 is 1.80 bits per heavy atom. The summed E-state index contributed by atoms with van der Waals surface area (Å²) in [6, 6.07) is 15.6. The zero-order valence-electron chi connectivity index (χ0n) is 14.0. The van der Waals surface area contributed by atoms with E-state index in [0.717, 1.165) is 11.3 Å². The van der Waals surface area contributed by atoms with Crippen molar-refractivity contribution in [3.63, 3.8) is 0 Å². The molecule has 0 unspecified atom stereocenters. The highest BCUT2D eigenvalue weighted by atomic mass is 32.2. The van der Waals surface area contributed by atoms with Crippen LogP contribution in [-0.4, -0.2) is 30.2 Å². The van der Waals surface area contributed by atoms with Gasteiger partial charge < -0.3 is 13.9 Å². The summed E-state index contributed by atoms with van der Waals surface area (Å²) >= 11 is 1.49. The van der Waals surface area contributed by atoms with Gasteiger partial charge in [-0.2, -0.15) is 0 Å². The summed E-state index contributed by atoms with van der Waals surface area (Å²) < 4.78 is 16.2. The van der Waals surface area contributed by atoms with E-state index in [1.54, 1.807) is 14.2 Å². The van der Waals surface area contributed by atoms with Gasteiger partial charge in [-0.3, -0.25) is 0 Å². The van der Waals surface area contributed by atoms with E-state index in [9.17, 15) is 0 Å². The molecule has 0 aliphatic rings. The normalized spacial score (nSPS) is 11.0. The average Bonchev–Trinajstić information content (AvgIpc) is 3.14. The third-order valence-corrected chi connectivity index (χ3v) is 4.22. The standard InChI is InChI=1S/C19H18N2O3S/c1-22-16-11-10-15(13-17(16)23-2)18-20-21-19(24-18)25-12-6-9-14-7-4-3-5-8-14/h3-11,13H,12H2,1-2H3/b9-6+. The molecule has 0 aliphatic carbocycles. The highest BCUT2D eigenvalue weighted by molar-refractivity contribution is 7.99. The fourth-order valence-electron chi connectivity index (χ4n) is 2.22. The summed E-state index contributed by atoms with van der Waals surface area (Å²) in [6.07, 6.45) is 4.14. The molecule has 128 valence electrons. The topological polar surface area (TPSA) is 57.4 Å². The van der Waals surface area contributed by atoms with E-state index >= 15 is 0 Å². The first-order valence-electron chi connectivity index (χ1n) is 7.70. The Bertz CT molecular complexity index is 847. The van der Waals surface area contributed by atoms with Gasteiger partial charge in [-0.25, -0.2) is 0 Å². The molecule has 0 atom stereocenters. The van der Waals surface area contributed by atoms with Gasteiger partial charge in [-0.05, 0) is 23.8 Å². The van der Waals surface area contributed by atoms with Crippen LogP contribution in [0.1, 0.15) is 5.56 Å². The Hall–Kier alpha value is -2.73. The lowest BCUT2D eigenvalue weighted by molar-refractivity contribution is 0.355. The molecule has 0 fully saturated rings. The third kappa shape index (κ3) is 4.42. The predicted octanol–water partition coefficient (Wildman–Crippen LogP) is 4.56. The highest BCUT2D eigenvalue weighted by Gasteiger charge is 2.12. The van der Waals surface area contributed by atoms with Crippen molar-refractivity contribution in [3.05, 3.63) is 60.2 Å². The Labute approximate surface area is 150 Å². The van der Waals surface area contributed by atoms with E-state index in [-0.39, 0.29) is 0 Å². The van der Waals surface area contributed by atoms with Crippen molar-refractivity contribution in [1.29, 1.82) is 0 Å². The van der Waals surface area contributed by atoms with Crippen molar-refractivity contribution < 1.29 is 13.9 Å². The van der Waals surface area contributed by atoms with Crippen molar-refractivity contribution >= 4 is 17.8 Å². The summed E-state index contributed by atoms with van der Waals surface area (Å²) in [7, 11) is 3.19. The van der Waals surface area contributed by atoms with Crippen molar-refractivity contribution in [1.82, 2.24) is 10.2 Å². The Kier molecular flexibility index (Phi) is 5.74. The summed E-state index contributed by atoms with van der Waals surface area (Å²) in [5.41, 5.74) is 1.96. The smallest absolute Gasteiger partial charge is 0.277 e. The number of methoxy groups -OCH3 is 2. The van der Waals surface area contributed by atoms with E-state index < -0.39 is 0 Å². The highest BCUT2D eigenvalue weighted by Crippen LogP contribution is 2.32. The number of thioether (sulfide) groups is 1. The summed E-state index contributed by atoms with van der Waals surface area (Å²) in [5, 5.41) is 8.70. The molecule has 1 heterocycles. The monoisotopic (exact) mass is 354 g/mol. The quantitative estimate of drug-likeness (QED) is 0.580. The van der Waals surface area contributed by atoms with Crippen LogP contribution in [0.5, 0.6) is 11.5 Å². The van der Waals surface area contributed by atoms with Crippen molar-refractivity contribution in [2.75, 3.05) is 20.0 Å². The van der Waals surface area contributed by atoms with Crippen LogP contribution in [-0.2, 0) is 0 Å². The van der Waals surface area contributed by atoms with Gasteiger partial charge >= 0.3 is 0 Å². The lowest BCUT2D eigenvalue weighted by Gasteiger charge is -2.07. The number of hydrogen-bond acceptors (Lipinski definition) is 6. The number of nitrogens with zero attached hydrogens (tertiary/aromatic N) is 2. The van der Waals surface area contributed by atoms with E-state index in [4.69, 9.17) is 13.9 Å². The predicted molar refractivity (Wildman–Crippen MR) is 99.0 cm³/mol. The largest absolute Gasteiger partial charge is 0.493 e. The average molecular weight is 354 g/mol. The zero-order chi connectivity index (χ0) is 17.5. The second-order valence-electron chi connectivity index (χ2n) is 5.07. The van der Waals surface area contributed by atoms with Gasteiger partial charge in [0.2, 0.25) is 5.89 Å². The van der Waals surface area contributed by atoms with Crippen molar-refractivity contribution in [3.8, 4) is 23.0 Å². The lowest BCUT2D eigenvalue weighted by atomic mass is 10.2. The molecule has 1 aromatic heterocycles. The van der Waals surface area contributed by atoms with Gasteiger partial charge in [0.25, 0.3) is 5.22 Å². The fraction of sp³-hybridized carbons (Fsp3) is 0.158. The molecule has 5 nitrogen and oxygen atoms in total. The molecule has 0 bridgehead atoms. The molecule has 25 heavy (non-hydrogen) atoms. The summed E-state index contributed by atoms with van der Waals surface area (Å²) in [5.74, 6) is 2.49. The van der Waals surface area contributed by atoms with Gasteiger partial charge in [-0.15, -0.1) is 10.2 Å².